The molecule has 3 fully saturated rings. The number of hydrogen-bond donors (Lipinski definition) is 3. The largest absolute Gasteiger partial charge is 0.460 e. The van der Waals surface area contributed by atoms with Gasteiger partial charge in [-0.05, 0) is 61.9 Å². The molecule has 3 aliphatic carbocycles. The minimum absolute atomic E-state index is 0.0239. The number of carbonyl (C=O) groups is 8. The van der Waals surface area contributed by atoms with Crippen molar-refractivity contribution in [3.05, 3.63) is 119 Å². The average molecular weight is 1010 g/mol. The Hall–Kier alpha value is -6.60. The SMILES string of the molecule is CC(=O)O[C@H]1C(=O)[C@]2(C)[C@@H](OC(=O)CN(C)CC(=O)C(C)C)C[C@H]3OC[C@@]3(OC(C)=O)[C@H]2[C@H](OC(=O)c2ccccc2)[C@]2(O)C[C@H](OC(=O)[C@H](O)[C@@H](NC(=O)c3ccccc3)c3ccccc3)C(C)=C1C2(C)C. The highest BCUT2D eigenvalue weighted by Crippen LogP contribution is 2.65. The van der Waals surface area contributed by atoms with Crippen LogP contribution in [-0.4, -0.2) is 137 Å². The van der Waals surface area contributed by atoms with Crippen LogP contribution in [0.15, 0.2) is 102 Å². The van der Waals surface area contributed by atoms with Crippen LogP contribution in [0.1, 0.15) is 101 Å². The maximum absolute atomic E-state index is 16.2. The van der Waals surface area contributed by atoms with Gasteiger partial charge in [-0.3, -0.25) is 33.7 Å². The Morgan fingerprint density at radius 3 is 1.95 bits per heavy atom. The fourth-order valence-corrected chi connectivity index (χ4v) is 11.3. The first-order valence-electron chi connectivity index (χ1n) is 24.3. The normalized spacial score (nSPS) is 28.9. The summed E-state index contributed by atoms with van der Waals surface area (Å²) in [6, 6.07) is 22.7. The number of rotatable bonds is 16. The van der Waals surface area contributed by atoms with E-state index in [4.69, 9.17) is 28.4 Å². The summed E-state index contributed by atoms with van der Waals surface area (Å²) in [6.07, 6.45) is -11.0. The lowest BCUT2D eigenvalue weighted by Gasteiger charge is -2.67. The van der Waals surface area contributed by atoms with Crippen LogP contribution in [0.2, 0.25) is 0 Å². The van der Waals surface area contributed by atoms with Gasteiger partial charge in [0.05, 0.1) is 42.6 Å². The molecule has 2 saturated carbocycles. The number of nitrogens with zero attached hydrogens (tertiary/aromatic N) is 1. The number of hydrogen-bond acceptors (Lipinski definition) is 17. The number of ether oxygens (including phenoxy) is 6. The van der Waals surface area contributed by atoms with Crippen LogP contribution < -0.4 is 5.32 Å². The van der Waals surface area contributed by atoms with Gasteiger partial charge in [0, 0.05) is 43.6 Å². The van der Waals surface area contributed by atoms with Gasteiger partial charge in [0.25, 0.3) is 5.91 Å². The van der Waals surface area contributed by atoms with Crippen molar-refractivity contribution in [1.29, 1.82) is 0 Å². The fraction of sp³-hybridized carbons (Fsp3) is 0.491. The van der Waals surface area contributed by atoms with Crippen LogP contribution in [0, 0.1) is 22.7 Å². The van der Waals surface area contributed by atoms with Crippen LogP contribution in [0.3, 0.4) is 0 Å². The lowest BCUT2D eigenvalue weighted by Crippen LogP contribution is -2.82. The van der Waals surface area contributed by atoms with Gasteiger partial charge in [-0.15, -0.1) is 0 Å². The number of carbonyl (C=O) groups excluding carboxylic acids is 8. The average Bonchev–Trinajstić information content (AvgIpc) is 3.33. The second-order valence-electron chi connectivity index (χ2n) is 20.6. The molecule has 18 heteroatoms. The monoisotopic (exact) mass is 1010 g/mol. The van der Waals surface area contributed by atoms with E-state index in [1.54, 1.807) is 114 Å². The van der Waals surface area contributed by atoms with Crippen molar-refractivity contribution in [3.63, 3.8) is 0 Å². The molecule has 0 aromatic heterocycles. The number of benzene rings is 3. The number of amides is 1. The molecule has 18 nitrogen and oxygen atoms in total. The molecule has 73 heavy (non-hydrogen) atoms. The lowest BCUT2D eigenvalue weighted by molar-refractivity contribution is -0.346. The Kier molecular flexibility index (Phi) is 15.7. The molecule has 2 bridgehead atoms. The highest BCUT2D eigenvalue weighted by Gasteiger charge is 2.79. The predicted octanol–water partition coefficient (Wildman–Crippen LogP) is 4.44. The number of esters is 5. The summed E-state index contributed by atoms with van der Waals surface area (Å²) in [7, 11) is 1.54. The Labute approximate surface area is 423 Å². The van der Waals surface area contributed by atoms with E-state index in [0.717, 1.165) is 13.8 Å². The van der Waals surface area contributed by atoms with Gasteiger partial charge in [0.2, 0.25) is 0 Å². The number of aliphatic hydroxyl groups is 2. The lowest BCUT2D eigenvalue weighted by atomic mass is 9.44. The highest BCUT2D eigenvalue weighted by molar-refractivity contribution is 5.96. The molecule has 1 amide bonds. The molecular formula is C55H64N2O16. The molecule has 1 aliphatic heterocycles. The minimum atomic E-state index is -2.50. The standard InChI is InChI=1S/C55H64N2O16/c1-30(2)37(60)27-57(9)28-41(61)71-39-25-40-54(29-68-40,73-33(5)59)46-48(72-50(65)36-23-17-12-18-24-36)55(67)26-38(31(3)42(52(55,6)7)45(69-32(4)58)47(63)53(39,46)8)70-51(66)44(62)43(34-19-13-10-14-20-34)56-49(64)35-21-15-11-16-22-35/h10-24,30,38-40,43-46,48,62,67H,25-29H2,1-9H3,(H,56,64)/t38-,39-,40+,43-,44+,45+,46-,48-,53+,54-,55+/m0/s1. The third-order valence-electron chi connectivity index (χ3n) is 15.2. The molecule has 1 saturated heterocycles. The second-order valence-corrected chi connectivity index (χ2v) is 20.6. The summed E-state index contributed by atoms with van der Waals surface area (Å²) in [6.45, 7) is 10.8. The van der Waals surface area contributed by atoms with Crippen LogP contribution in [0.4, 0.5) is 0 Å². The Morgan fingerprint density at radius 2 is 1.40 bits per heavy atom. The van der Waals surface area contributed by atoms with Crippen molar-refractivity contribution in [3.8, 4) is 0 Å². The van der Waals surface area contributed by atoms with Crippen molar-refractivity contribution < 1.29 is 77.0 Å². The maximum atomic E-state index is 16.2. The van der Waals surface area contributed by atoms with Crippen molar-refractivity contribution in [2.75, 3.05) is 26.7 Å². The zero-order valence-electron chi connectivity index (χ0n) is 42.4. The highest BCUT2D eigenvalue weighted by atomic mass is 16.6. The quantitative estimate of drug-likeness (QED) is 0.102. The number of nitrogens with one attached hydrogen (secondary N) is 1. The summed E-state index contributed by atoms with van der Waals surface area (Å²) in [5.74, 6) is -8.57. The Balaban J connectivity index is 1.40. The first-order valence-corrected chi connectivity index (χ1v) is 24.3. The van der Waals surface area contributed by atoms with Crippen molar-refractivity contribution in [1.82, 2.24) is 10.2 Å². The summed E-state index contributed by atoms with van der Waals surface area (Å²) >= 11 is 0. The Bertz CT molecular complexity index is 2660. The summed E-state index contributed by atoms with van der Waals surface area (Å²) < 4.78 is 37.3. The van der Waals surface area contributed by atoms with E-state index >= 15 is 4.79 Å². The molecule has 3 N–H and O–H groups in total. The molecule has 3 aromatic carbocycles. The van der Waals surface area contributed by atoms with E-state index < -0.39 is 125 Å². The van der Waals surface area contributed by atoms with Gasteiger partial charge in [0.1, 0.15) is 35.8 Å². The molecule has 0 radical (unpaired) electrons. The first-order chi connectivity index (χ1) is 34.4. The number of aliphatic hydroxyl groups excluding tert-OH is 1. The second kappa shape index (κ2) is 21.1. The summed E-state index contributed by atoms with van der Waals surface area (Å²) in [5.41, 5.74) is -7.66. The van der Waals surface area contributed by atoms with Crippen LogP contribution in [0.25, 0.3) is 0 Å². The fourth-order valence-electron chi connectivity index (χ4n) is 11.3. The van der Waals surface area contributed by atoms with E-state index in [1.807, 2.05) is 0 Å². The first kappa shape index (κ1) is 54.2. The molecule has 11 atom stereocenters. The molecule has 3 aromatic rings. The molecular weight excluding hydrogens is 945 g/mol. The van der Waals surface area contributed by atoms with Crippen molar-refractivity contribution in [2.45, 2.75) is 122 Å². The van der Waals surface area contributed by atoms with Gasteiger partial charge < -0.3 is 44.0 Å². The minimum Gasteiger partial charge on any atom is -0.460 e. The number of ketones is 2. The van der Waals surface area contributed by atoms with Crippen LogP contribution >= 0.6 is 0 Å². The zero-order valence-corrected chi connectivity index (χ0v) is 42.4. The molecule has 7 rings (SSSR count). The van der Waals surface area contributed by atoms with Gasteiger partial charge >= 0.3 is 29.8 Å². The topological polar surface area (TPSA) is 248 Å². The van der Waals surface area contributed by atoms with Gasteiger partial charge in [0.15, 0.2) is 23.6 Å². The van der Waals surface area contributed by atoms with Crippen molar-refractivity contribution in [2.24, 2.45) is 22.7 Å². The molecule has 0 unspecified atom stereocenters. The van der Waals surface area contributed by atoms with E-state index in [0.29, 0.717) is 5.56 Å². The van der Waals surface area contributed by atoms with Gasteiger partial charge in [-0.1, -0.05) is 94.4 Å². The molecule has 1 heterocycles. The zero-order chi connectivity index (χ0) is 53.4. The Morgan fingerprint density at radius 1 is 0.808 bits per heavy atom. The number of likely N-dealkylation sites (N-methyl/N-ethyl adjacent to an activating group) is 1. The van der Waals surface area contributed by atoms with E-state index in [1.165, 1.54) is 30.9 Å². The van der Waals surface area contributed by atoms with Crippen molar-refractivity contribution >= 4 is 47.3 Å². The third kappa shape index (κ3) is 10.2. The molecule has 0 spiro atoms. The molecule has 4 aliphatic rings. The van der Waals surface area contributed by atoms with Gasteiger partial charge in [-0.25, -0.2) is 9.59 Å². The van der Waals surface area contributed by atoms with E-state index in [9.17, 15) is 43.8 Å². The summed E-state index contributed by atoms with van der Waals surface area (Å²) in [4.78, 5) is 114. The van der Waals surface area contributed by atoms with E-state index in [2.05, 4.69) is 5.32 Å². The predicted molar refractivity (Wildman–Crippen MR) is 259 cm³/mol. The van der Waals surface area contributed by atoms with Crippen LogP contribution in [-0.2, 0) is 57.2 Å². The smallest absolute Gasteiger partial charge is 0.338 e. The third-order valence-corrected chi connectivity index (χ3v) is 15.2. The van der Waals surface area contributed by atoms with Crippen LogP contribution in [0.5, 0.6) is 0 Å². The number of fused-ring (bicyclic) bond motifs is 5. The summed E-state index contributed by atoms with van der Waals surface area (Å²) in [5, 5.41) is 28.7. The molecule has 390 valence electrons. The van der Waals surface area contributed by atoms with E-state index in [-0.39, 0.29) is 53.5 Å². The maximum Gasteiger partial charge on any atom is 0.338 e. The van der Waals surface area contributed by atoms with Gasteiger partial charge in [-0.2, -0.15) is 0 Å². The number of Topliss-reactive ketones (excluding diaryl/α,β-unsaturated/α-hetero) is 2.